The maximum absolute atomic E-state index is 11.0. The molecule has 0 aliphatic carbocycles. The second kappa shape index (κ2) is 5.05. The minimum absolute atomic E-state index is 0.307. The summed E-state index contributed by atoms with van der Waals surface area (Å²) in [6.07, 6.45) is 0.822. The van der Waals surface area contributed by atoms with Crippen LogP contribution in [0.3, 0.4) is 0 Å². The fourth-order valence-corrected chi connectivity index (χ4v) is 3.37. The fraction of sp³-hybridized carbons (Fsp3) is 0.278. The number of fused-ring (bicyclic) bond motifs is 3. The minimum atomic E-state index is -0.825. The number of benzene rings is 2. The highest BCUT2D eigenvalue weighted by atomic mass is 16.4. The van der Waals surface area contributed by atoms with Crippen molar-refractivity contribution in [3.63, 3.8) is 0 Å². The second-order valence-corrected chi connectivity index (χ2v) is 5.89. The third-order valence-electron chi connectivity index (χ3n) is 4.61. The van der Waals surface area contributed by atoms with Crippen LogP contribution in [0.4, 0.5) is 4.79 Å². The Morgan fingerprint density at radius 1 is 1.09 bits per heavy atom. The molecule has 0 spiro atoms. The van der Waals surface area contributed by atoms with Gasteiger partial charge in [-0.15, -0.1) is 0 Å². The third kappa shape index (κ3) is 2.11. The van der Waals surface area contributed by atoms with E-state index in [0.29, 0.717) is 19.0 Å². The fourth-order valence-electron chi connectivity index (χ4n) is 3.37. The minimum Gasteiger partial charge on any atom is -0.465 e. The zero-order valence-corrected chi connectivity index (χ0v) is 12.2. The third-order valence-corrected chi connectivity index (χ3v) is 4.61. The van der Waals surface area contributed by atoms with Crippen LogP contribution in [-0.2, 0) is 0 Å². The largest absolute Gasteiger partial charge is 0.465 e. The first-order valence-corrected chi connectivity index (χ1v) is 7.61. The van der Waals surface area contributed by atoms with Crippen molar-refractivity contribution >= 4 is 27.8 Å². The maximum atomic E-state index is 11.0. The average molecular weight is 295 g/mol. The standard InChI is InChI=1S/C18H17NO3/c20-18(21)19-9-7-13(8-10-19)17-11-15-14-4-2-1-3-12(14)5-6-16(15)22-17/h1-6,11,13H,7-10H2,(H,20,21). The predicted octanol–water partition coefficient (Wildman–Crippen LogP) is 4.44. The van der Waals surface area contributed by atoms with Gasteiger partial charge in [0.2, 0.25) is 0 Å². The Labute approximate surface area is 127 Å². The van der Waals surface area contributed by atoms with Gasteiger partial charge in [0.1, 0.15) is 11.3 Å². The van der Waals surface area contributed by atoms with Gasteiger partial charge in [-0.25, -0.2) is 4.79 Å². The molecule has 1 N–H and O–H groups in total. The number of carboxylic acid groups (broad SMARTS) is 1. The van der Waals surface area contributed by atoms with Crippen molar-refractivity contribution in [1.29, 1.82) is 0 Å². The molecule has 1 fully saturated rings. The first-order valence-electron chi connectivity index (χ1n) is 7.61. The highest BCUT2D eigenvalue weighted by molar-refractivity contribution is 6.05. The summed E-state index contributed by atoms with van der Waals surface area (Å²) in [6.45, 7) is 1.16. The molecule has 2 aromatic carbocycles. The van der Waals surface area contributed by atoms with Gasteiger partial charge in [0.05, 0.1) is 0 Å². The monoisotopic (exact) mass is 295 g/mol. The van der Waals surface area contributed by atoms with Crippen LogP contribution >= 0.6 is 0 Å². The summed E-state index contributed by atoms with van der Waals surface area (Å²) in [6, 6.07) is 14.5. The quantitative estimate of drug-likeness (QED) is 0.722. The molecule has 1 aliphatic rings. The Balaban J connectivity index is 1.69. The molecule has 4 nitrogen and oxygen atoms in total. The van der Waals surface area contributed by atoms with Crippen LogP contribution < -0.4 is 0 Å². The van der Waals surface area contributed by atoms with Crippen molar-refractivity contribution in [2.45, 2.75) is 18.8 Å². The lowest BCUT2D eigenvalue weighted by atomic mass is 9.94. The molecule has 2 heterocycles. The topological polar surface area (TPSA) is 53.7 Å². The van der Waals surface area contributed by atoms with E-state index in [9.17, 15) is 4.79 Å². The van der Waals surface area contributed by atoms with Crippen molar-refractivity contribution in [3.8, 4) is 0 Å². The molecule has 1 aliphatic heterocycles. The number of furan rings is 1. The van der Waals surface area contributed by atoms with Gasteiger partial charge in [0.15, 0.2) is 0 Å². The van der Waals surface area contributed by atoms with E-state index in [1.807, 2.05) is 18.2 Å². The number of amides is 1. The lowest BCUT2D eigenvalue weighted by molar-refractivity contribution is 0.130. The summed E-state index contributed by atoms with van der Waals surface area (Å²) in [5, 5.41) is 12.6. The van der Waals surface area contributed by atoms with E-state index in [1.54, 1.807) is 0 Å². The van der Waals surface area contributed by atoms with Crippen LogP contribution in [0.1, 0.15) is 24.5 Å². The average Bonchev–Trinajstić information content (AvgIpc) is 2.99. The number of hydrogen-bond donors (Lipinski definition) is 1. The zero-order chi connectivity index (χ0) is 15.1. The van der Waals surface area contributed by atoms with Crippen LogP contribution in [0.25, 0.3) is 21.7 Å². The highest BCUT2D eigenvalue weighted by Gasteiger charge is 2.25. The van der Waals surface area contributed by atoms with E-state index in [2.05, 4.69) is 24.3 Å². The smallest absolute Gasteiger partial charge is 0.407 e. The van der Waals surface area contributed by atoms with E-state index in [4.69, 9.17) is 9.52 Å². The Hall–Kier alpha value is -2.49. The van der Waals surface area contributed by atoms with E-state index in [1.165, 1.54) is 15.7 Å². The van der Waals surface area contributed by atoms with E-state index < -0.39 is 6.09 Å². The van der Waals surface area contributed by atoms with Gasteiger partial charge < -0.3 is 14.4 Å². The van der Waals surface area contributed by atoms with Crippen LogP contribution in [0, 0.1) is 0 Å². The summed E-state index contributed by atoms with van der Waals surface area (Å²) >= 11 is 0. The van der Waals surface area contributed by atoms with Crippen molar-refractivity contribution in [2.75, 3.05) is 13.1 Å². The molecular weight excluding hydrogens is 278 g/mol. The molecule has 4 rings (SSSR count). The summed E-state index contributed by atoms with van der Waals surface area (Å²) in [5.41, 5.74) is 0.911. The molecule has 0 radical (unpaired) electrons. The summed E-state index contributed by atoms with van der Waals surface area (Å²) in [5.74, 6) is 1.29. The van der Waals surface area contributed by atoms with Crippen molar-refractivity contribution in [3.05, 3.63) is 48.2 Å². The summed E-state index contributed by atoms with van der Waals surface area (Å²) < 4.78 is 6.05. The van der Waals surface area contributed by atoms with E-state index in [0.717, 1.165) is 29.6 Å². The lowest BCUT2D eigenvalue weighted by Gasteiger charge is -2.28. The van der Waals surface area contributed by atoms with Crippen LogP contribution in [0.5, 0.6) is 0 Å². The molecule has 4 heteroatoms. The van der Waals surface area contributed by atoms with Gasteiger partial charge in [-0.05, 0) is 35.7 Å². The molecular formula is C18H17NO3. The van der Waals surface area contributed by atoms with E-state index >= 15 is 0 Å². The Bertz CT molecular complexity index is 844. The molecule has 1 saturated heterocycles. The van der Waals surface area contributed by atoms with Gasteiger partial charge in [-0.1, -0.05) is 30.3 Å². The number of piperidine rings is 1. The Morgan fingerprint density at radius 2 is 1.86 bits per heavy atom. The first-order chi connectivity index (χ1) is 10.7. The SMILES string of the molecule is O=C(O)N1CCC(c2cc3c(ccc4ccccc43)o2)CC1. The Kier molecular flexibility index (Phi) is 3.03. The number of hydrogen-bond acceptors (Lipinski definition) is 2. The van der Waals surface area contributed by atoms with Crippen molar-refractivity contribution < 1.29 is 14.3 Å². The molecule has 112 valence electrons. The number of likely N-dealkylation sites (tertiary alicyclic amines) is 1. The molecule has 3 aromatic rings. The molecule has 1 aromatic heterocycles. The molecule has 0 saturated carbocycles. The summed E-state index contributed by atoms with van der Waals surface area (Å²) in [4.78, 5) is 12.5. The second-order valence-electron chi connectivity index (χ2n) is 5.89. The van der Waals surface area contributed by atoms with Crippen LogP contribution in [0.15, 0.2) is 46.9 Å². The van der Waals surface area contributed by atoms with Gasteiger partial charge in [0, 0.05) is 24.4 Å². The molecule has 0 atom stereocenters. The van der Waals surface area contributed by atoms with Crippen LogP contribution in [0.2, 0.25) is 0 Å². The molecule has 0 unspecified atom stereocenters. The maximum Gasteiger partial charge on any atom is 0.407 e. The number of carbonyl (C=O) groups is 1. The zero-order valence-electron chi connectivity index (χ0n) is 12.2. The first kappa shape index (κ1) is 13.2. The highest BCUT2D eigenvalue weighted by Crippen LogP contribution is 2.35. The normalized spacial score (nSPS) is 16.5. The van der Waals surface area contributed by atoms with Gasteiger partial charge >= 0.3 is 6.09 Å². The number of nitrogens with zero attached hydrogens (tertiary/aromatic N) is 1. The van der Waals surface area contributed by atoms with E-state index in [-0.39, 0.29) is 0 Å². The molecule has 1 amide bonds. The van der Waals surface area contributed by atoms with Gasteiger partial charge in [-0.2, -0.15) is 0 Å². The van der Waals surface area contributed by atoms with Crippen molar-refractivity contribution in [2.24, 2.45) is 0 Å². The lowest BCUT2D eigenvalue weighted by Crippen LogP contribution is -2.36. The Morgan fingerprint density at radius 3 is 2.64 bits per heavy atom. The molecule has 0 bridgehead atoms. The number of rotatable bonds is 1. The van der Waals surface area contributed by atoms with Crippen molar-refractivity contribution in [1.82, 2.24) is 4.90 Å². The van der Waals surface area contributed by atoms with Crippen LogP contribution in [-0.4, -0.2) is 29.2 Å². The molecule has 22 heavy (non-hydrogen) atoms. The van der Waals surface area contributed by atoms with Gasteiger partial charge in [-0.3, -0.25) is 0 Å². The summed E-state index contributed by atoms with van der Waals surface area (Å²) in [7, 11) is 0. The predicted molar refractivity (Wildman–Crippen MR) is 85.3 cm³/mol. The van der Waals surface area contributed by atoms with Gasteiger partial charge in [0.25, 0.3) is 0 Å².